The van der Waals surface area contributed by atoms with Gasteiger partial charge in [0, 0.05) is 33.2 Å². The summed E-state index contributed by atoms with van der Waals surface area (Å²) in [5.74, 6) is 0. The smallest absolute Gasteiger partial charge is 0.317 e. The fourth-order valence-electron chi connectivity index (χ4n) is 3.46. The van der Waals surface area contributed by atoms with E-state index in [-0.39, 0.29) is 12.1 Å². The second-order valence-corrected chi connectivity index (χ2v) is 6.97. The van der Waals surface area contributed by atoms with E-state index >= 15 is 0 Å². The summed E-state index contributed by atoms with van der Waals surface area (Å²) >= 11 is 0. The zero-order valence-electron chi connectivity index (χ0n) is 15.8. The molecule has 0 saturated carbocycles. The SMILES string of the molecule is CC(NC(=O)N(C)CCCN1CCOCC1)c1cccc2ccccc12. The molecule has 2 aromatic carbocycles. The number of carbonyl (C=O) groups excluding carboxylic acids is 1. The van der Waals surface area contributed by atoms with Crippen molar-refractivity contribution in [2.75, 3.05) is 46.4 Å². The van der Waals surface area contributed by atoms with Gasteiger partial charge in [-0.25, -0.2) is 4.79 Å². The molecule has 1 fully saturated rings. The quantitative estimate of drug-likeness (QED) is 0.865. The first-order valence-corrected chi connectivity index (χ1v) is 9.44. The van der Waals surface area contributed by atoms with Crippen LogP contribution in [0.3, 0.4) is 0 Å². The number of hydrogen-bond donors (Lipinski definition) is 1. The van der Waals surface area contributed by atoms with Gasteiger partial charge in [0.1, 0.15) is 0 Å². The van der Waals surface area contributed by atoms with Crippen molar-refractivity contribution in [2.45, 2.75) is 19.4 Å². The Hall–Kier alpha value is -2.11. The van der Waals surface area contributed by atoms with Crippen LogP contribution in [0, 0.1) is 0 Å². The molecule has 0 aliphatic carbocycles. The van der Waals surface area contributed by atoms with E-state index in [9.17, 15) is 4.79 Å². The van der Waals surface area contributed by atoms with Gasteiger partial charge in [0.25, 0.3) is 0 Å². The van der Waals surface area contributed by atoms with Crippen molar-refractivity contribution in [1.82, 2.24) is 15.1 Å². The zero-order chi connectivity index (χ0) is 18.4. The summed E-state index contributed by atoms with van der Waals surface area (Å²) < 4.78 is 5.37. The molecule has 3 rings (SSSR count). The fraction of sp³-hybridized carbons (Fsp3) is 0.476. The standard InChI is InChI=1S/C21H29N3O2/c1-17(19-10-5-8-18-7-3-4-9-20(18)19)22-21(25)23(2)11-6-12-24-13-15-26-16-14-24/h3-5,7-10,17H,6,11-16H2,1-2H3,(H,22,25). The van der Waals surface area contributed by atoms with Gasteiger partial charge in [-0.15, -0.1) is 0 Å². The monoisotopic (exact) mass is 355 g/mol. The molecule has 2 aromatic rings. The number of benzene rings is 2. The van der Waals surface area contributed by atoms with Crippen LogP contribution in [0.25, 0.3) is 10.8 Å². The van der Waals surface area contributed by atoms with Crippen molar-refractivity contribution in [3.05, 3.63) is 48.0 Å². The molecule has 140 valence electrons. The number of nitrogens with one attached hydrogen (secondary N) is 1. The Balaban J connectivity index is 1.51. The Kier molecular flexibility index (Phi) is 6.47. The van der Waals surface area contributed by atoms with Crippen LogP contribution in [0.5, 0.6) is 0 Å². The lowest BCUT2D eigenvalue weighted by molar-refractivity contribution is 0.0367. The number of amides is 2. The largest absolute Gasteiger partial charge is 0.379 e. The molecule has 1 saturated heterocycles. The van der Waals surface area contributed by atoms with E-state index in [1.807, 2.05) is 32.2 Å². The molecular formula is C21H29N3O2. The van der Waals surface area contributed by atoms with Gasteiger partial charge in [-0.3, -0.25) is 4.90 Å². The van der Waals surface area contributed by atoms with E-state index in [2.05, 4.69) is 34.5 Å². The molecule has 0 bridgehead atoms. The lowest BCUT2D eigenvalue weighted by atomic mass is 10.00. The molecule has 1 atom stereocenters. The Morgan fingerprint density at radius 1 is 1.19 bits per heavy atom. The highest BCUT2D eigenvalue weighted by atomic mass is 16.5. The molecule has 1 heterocycles. The molecule has 5 nitrogen and oxygen atoms in total. The number of fused-ring (bicyclic) bond motifs is 1. The van der Waals surface area contributed by atoms with Crippen molar-refractivity contribution in [1.29, 1.82) is 0 Å². The molecule has 1 aliphatic rings. The molecule has 0 radical (unpaired) electrons. The summed E-state index contributed by atoms with van der Waals surface area (Å²) in [5, 5.41) is 5.52. The third-order valence-electron chi connectivity index (χ3n) is 5.05. The van der Waals surface area contributed by atoms with Gasteiger partial charge < -0.3 is 15.0 Å². The molecule has 0 aromatic heterocycles. The molecule has 0 spiro atoms. The summed E-state index contributed by atoms with van der Waals surface area (Å²) in [6.07, 6.45) is 0.979. The number of hydrogen-bond acceptors (Lipinski definition) is 3. The Labute approximate surface area is 155 Å². The number of ether oxygens (including phenoxy) is 1. The highest BCUT2D eigenvalue weighted by Crippen LogP contribution is 2.24. The van der Waals surface area contributed by atoms with Crippen molar-refractivity contribution in [3.8, 4) is 0 Å². The second kappa shape index (κ2) is 9.01. The van der Waals surface area contributed by atoms with Gasteiger partial charge in [-0.05, 0) is 29.7 Å². The van der Waals surface area contributed by atoms with Crippen molar-refractivity contribution in [2.24, 2.45) is 0 Å². The van der Waals surface area contributed by atoms with Gasteiger partial charge in [0.15, 0.2) is 0 Å². The second-order valence-electron chi connectivity index (χ2n) is 6.97. The maximum Gasteiger partial charge on any atom is 0.317 e. The van der Waals surface area contributed by atoms with Crippen LogP contribution in [0.15, 0.2) is 42.5 Å². The molecule has 1 aliphatic heterocycles. The number of rotatable bonds is 6. The zero-order valence-corrected chi connectivity index (χ0v) is 15.8. The highest BCUT2D eigenvalue weighted by molar-refractivity contribution is 5.86. The normalized spacial score (nSPS) is 16.4. The summed E-state index contributed by atoms with van der Waals surface area (Å²) in [5.41, 5.74) is 1.15. The van der Waals surface area contributed by atoms with Crippen molar-refractivity contribution in [3.63, 3.8) is 0 Å². The third-order valence-corrected chi connectivity index (χ3v) is 5.05. The predicted molar refractivity (Wildman–Crippen MR) is 105 cm³/mol. The molecule has 1 unspecified atom stereocenters. The van der Waals surface area contributed by atoms with Crippen LogP contribution in [0.4, 0.5) is 4.79 Å². The summed E-state index contributed by atoms with van der Waals surface area (Å²) in [6, 6.07) is 14.5. The minimum atomic E-state index is -0.0321. The first-order chi connectivity index (χ1) is 12.6. The highest BCUT2D eigenvalue weighted by Gasteiger charge is 2.16. The number of nitrogens with zero attached hydrogens (tertiary/aromatic N) is 2. The first-order valence-electron chi connectivity index (χ1n) is 9.44. The molecule has 5 heteroatoms. The van der Waals surface area contributed by atoms with Crippen LogP contribution in [-0.4, -0.2) is 62.3 Å². The lowest BCUT2D eigenvalue weighted by Gasteiger charge is -2.27. The predicted octanol–water partition coefficient (Wildman–Crippen LogP) is 3.26. The minimum absolute atomic E-state index is 0.0209. The van der Waals surface area contributed by atoms with E-state index in [0.29, 0.717) is 0 Å². The van der Waals surface area contributed by atoms with Crippen LogP contribution in [-0.2, 0) is 4.74 Å². The van der Waals surface area contributed by atoms with Crippen LogP contribution < -0.4 is 5.32 Å². The Bertz CT molecular complexity index is 723. The van der Waals surface area contributed by atoms with E-state index in [1.54, 1.807) is 4.90 Å². The summed E-state index contributed by atoms with van der Waals surface area (Å²) in [6.45, 7) is 7.44. The van der Waals surface area contributed by atoms with Gasteiger partial charge in [0.2, 0.25) is 0 Å². The van der Waals surface area contributed by atoms with Gasteiger partial charge in [-0.2, -0.15) is 0 Å². The average molecular weight is 355 g/mol. The lowest BCUT2D eigenvalue weighted by Crippen LogP contribution is -2.41. The molecule has 2 amide bonds. The number of carbonyl (C=O) groups is 1. The number of morpholine rings is 1. The maximum absolute atomic E-state index is 12.5. The van der Waals surface area contributed by atoms with Crippen LogP contribution in [0.2, 0.25) is 0 Å². The van der Waals surface area contributed by atoms with Crippen LogP contribution >= 0.6 is 0 Å². The van der Waals surface area contributed by atoms with Crippen molar-refractivity contribution < 1.29 is 9.53 Å². The van der Waals surface area contributed by atoms with Gasteiger partial charge >= 0.3 is 6.03 Å². The van der Waals surface area contributed by atoms with E-state index < -0.39 is 0 Å². The Morgan fingerprint density at radius 3 is 2.73 bits per heavy atom. The van der Waals surface area contributed by atoms with Crippen LogP contribution in [0.1, 0.15) is 24.9 Å². The van der Waals surface area contributed by atoms with Crippen molar-refractivity contribution >= 4 is 16.8 Å². The average Bonchev–Trinajstić information content (AvgIpc) is 2.68. The van der Waals surface area contributed by atoms with Gasteiger partial charge in [-0.1, -0.05) is 42.5 Å². The van der Waals surface area contributed by atoms with E-state index in [4.69, 9.17) is 4.74 Å². The Morgan fingerprint density at radius 2 is 1.92 bits per heavy atom. The third kappa shape index (κ3) is 4.74. The fourth-order valence-corrected chi connectivity index (χ4v) is 3.46. The summed E-state index contributed by atoms with van der Waals surface area (Å²) in [7, 11) is 1.87. The minimum Gasteiger partial charge on any atom is -0.379 e. The summed E-state index contributed by atoms with van der Waals surface area (Å²) in [4.78, 5) is 16.7. The van der Waals surface area contributed by atoms with E-state index in [1.165, 1.54) is 10.8 Å². The first kappa shape index (κ1) is 18.7. The number of urea groups is 1. The molecule has 26 heavy (non-hydrogen) atoms. The topological polar surface area (TPSA) is 44.8 Å². The maximum atomic E-state index is 12.5. The molecule has 1 N–H and O–H groups in total. The van der Waals surface area contributed by atoms with Gasteiger partial charge in [0.05, 0.1) is 19.3 Å². The van der Waals surface area contributed by atoms with E-state index in [0.717, 1.165) is 51.4 Å². The molecular weight excluding hydrogens is 326 g/mol.